The topological polar surface area (TPSA) is 30.2 Å². The smallest absolute Gasteiger partial charge is 0.350 e. The zero-order chi connectivity index (χ0) is 10.8. The van der Waals surface area contributed by atoms with Gasteiger partial charge in [0.05, 0.1) is 3.57 Å². The van der Waals surface area contributed by atoms with Crippen molar-refractivity contribution in [2.24, 2.45) is 0 Å². The number of hydrogen-bond acceptors (Lipinski definition) is 2. The lowest BCUT2D eigenvalue weighted by Gasteiger charge is -2.02. The van der Waals surface area contributed by atoms with Crippen molar-refractivity contribution >= 4 is 38.5 Å². The number of halogens is 2. The highest BCUT2D eigenvalue weighted by Gasteiger charge is 2.08. The molecule has 76 valence electrons. The van der Waals surface area contributed by atoms with Gasteiger partial charge in [-0.2, -0.15) is 0 Å². The van der Waals surface area contributed by atoms with E-state index in [2.05, 4.69) is 38.5 Å². The Morgan fingerprint density at radius 1 is 1.20 bits per heavy atom. The first-order valence-corrected chi connectivity index (χ1v) is 6.10. The molecule has 0 unspecified atom stereocenters. The van der Waals surface area contributed by atoms with Crippen LogP contribution in [0.25, 0.3) is 11.3 Å². The van der Waals surface area contributed by atoms with Gasteiger partial charge in [-0.15, -0.1) is 0 Å². The van der Waals surface area contributed by atoms with Gasteiger partial charge < -0.3 is 4.42 Å². The molecule has 0 saturated carbocycles. The summed E-state index contributed by atoms with van der Waals surface area (Å²) >= 11 is 5.29. The second-order valence-corrected chi connectivity index (χ2v) is 4.94. The van der Waals surface area contributed by atoms with E-state index < -0.39 is 0 Å². The average Bonchev–Trinajstić information content (AvgIpc) is 2.25. The summed E-state index contributed by atoms with van der Waals surface area (Å²) in [6.07, 6.45) is 0. The maximum absolute atomic E-state index is 11.3. The number of hydrogen-bond donors (Lipinski definition) is 0. The largest absolute Gasteiger partial charge is 0.421 e. The van der Waals surface area contributed by atoms with Gasteiger partial charge in [0, 0.05) is 5.56 Å². The minimum atomic E-state index is -0.353. The fraction of sp³-hybridized carbons (Fsp3) is 0. The quantitative estimate of drug-likeness (QED) is 0.711. The molecule has 1 aromatic carbocycles. The number of rotatable bonds is 1. The molecule has 0 spiro atoms. The molecule has 0 bridgehead atoms. The Kier molecular flexibility index (Phi) is 3.25. The summed E-state index contributed by atoms with van der Waals surface area (Å²) in [7, 11) is 0. The molecule has 2 nitrogen and oxygen atoms in total. The van der Waals surface area contributed by atoms with Crippen molar-refractivity contribution < 1.29 is 4.42 Å². The molecular formula is C11H6BrIO2. The van der Waals surface area contributed by atoms with Crippen LogP contribution < -0.4 is 5.63 Å². The van der Waals surface area contributed by atoms with Crippen LogP contribution >= 0.6 is 38.5 Å². The Morgan fingerprint density at radius 3 is 2.53 bits per heavy atom. The van der Waals surface area contributed by atoms with Gasteiger partial charge in [0.1, 0.15) is 4.47 Å². The van der Waals surface area contributed by atoms with E-state index in [0.717, 1.165) is 9.13 Å². The van der Waals surface area contributed by atoms with Crippen molar-refractivity contribution in [1.29, 1.82) is 0 Å². The molecule has 2 rings (SSSR count). The lowest BCUT2D eigenvalue weighted by atomic mass is 10.2. The van der Waals surface area contributed by atoms with Crippen LogP contribution in [-0.4, -0.2) is 0 Å². The van der Waals surface area contributed by atoms with E-state index in [-0.39, 0.29) is 5.63 Å². The third-order valence-electron chi connectivity index (χ3n) is 1.90. The minimum absolute atomic E-state index is 0.353. The molecule has 0 radical (unpaired) electrons. The van der Waals surface area contributed by atoms with Crippen LogP contribution in [0.15, 0.2) is 50.1 Å². The van der Waals surface area contributed by atoms with Crippen LogP contribution in [0.1, 0.15) is 0 Å². The molecule has 0 aliphatic rings. The summed E-state index contributed by atoms with van der Waals surface area (Å²) in [6, 6.07) is 11.3. The van der Waals surface area contributed by atoms with Crippen LogP contribution in [0, 0.1) is 3.57 Å². The van der Waals surface area contributed by atoms with Gasteiger partial charge in [-0.05, 0) is 44.6 Å². The second kappa shape index (κ2) is 4.49. The fourth-order valence-electron chi connectivity index (χ4n) is 1.21. The maximum atomic E-state index is 11.3. The Bertz CT molecular complexity index is 534. The lowest BCUT2D eigenvalue weighted by molar-refractivity contribution is 0.518. The fourth-order valence-corrected chi connectivity index (χ4v) is 2.68. The van der Waals surface area contributed by atoms with E-state index in [9.17, 15) is 4.79 Å². The molecule has 15 heavy (non-hydrogen) atoms. The Labute approximate surface area is 109 Å². The highest BCUT2D eigenvalue weighted by Crippen LogP contribution is 2.25. The zero-order valence-electron chi connectivity index (χ0n) is 7.54. The summed E-state index contributed by atoms with van der Waals surface area (Å²) in [5.74, 6) is 0.615. The van der Waals surface area contributed by atoms with E-state index >= 15 is 0 Å². The minimum Gasteiger partial charge on any atom is -0.421 e. The average molecular weight is 377 g/mol. The first-order chi connectivity index (χ1) is 7.18. The van der Waals surface area contributed by atoms with E-state index in [1.165, 1.54) is 0 Å². The van der Waals surface area contributed by atoms with E-state index in [4.69, 9.17) is 4.42 Å². The Hall–Kier alpha value is -0.620. The summed E-state index contributed by atoms with van der Waals surface area (Å²) < 4.78 is 6.57. The van der Waals surface area contributed by atoms with Crippen molar-refractivity contribution in [3.8, 4) is 11.3 Å². The van der Waals surface area contributed by atoms with Gasteiger partial charge in [0.25, 0.3) is 0 Å². The van der Waals surface area contributed by atoms with Crippen LogP contribution in [0.3, 0.4) is 0 Å². The van der Waals surface area contributed by atoms with Gasteiger partial charge in [-0.3, -0.25) is 0 Å². The third kappa shape index (κ3) is 2.31. The molecule has 0 amide bonds. The molecule has 0 atom stereocenters. The van der Waals surface area contributed by atoms with Crippen molar-refractivity contribution in [1.82, 2.24) is 0 Å². The van der Waals surface area contributed by atoms with Crippen LogP contribution in [-0.2, 0) is 0 Å². The summed E-state index contributed by atoms with van der Waals surface area (Å²) in [5.41, 5.74) is 0.556. The normalized spacial score (nSPS) is 10.3. The van der Waals surface area contributed by atoms with Crippen molar-refractivity contribution in [2.75, 3.05) is 0 Å². The van der Waals surface area contributed by atoms with Crippen molar-refractivity contribution in [3.05, 3.63) is 54.9 Å². The van der Waals surface area contributed by atoms with E-state index in [0.29, 0.717) is 10.2 Å². The monoisotopic (exact) mass is 376 g/mol. The summed E-state index contributed by atoms with van der Waals surface area (Å²) in [6.45, 7) is 0. The standard InChI is InChI=1S/C11H6BrIO2/c12-8-6-9(13)10(15-11(8)14)7-4-2-1-3-5-7/h1-6H. The van der Waals surface area contributed by atoms with Crippen molar-refractivity contribution in [2.45, 2.75) is 0 Å². The first-order valence-electron chi connectivity index (χ1n) is 4.23. The zero-order valence-corrected chi connectivity index (χ0v) is 11.3. The predicted octanol–water partition coefficient (Wildman–Crippen LogP) is 3.67. The molecular weight excluding hydrogens is 371 g/mol. The Balaban J connectivity index is 2.64. The SMILES string of the molecule is O=c1oc(-c2ccccc2)c(I)cc1Br. The second-order valence-electron chi connectivity index (χ2n) is 2.92. The van der Waals surface area contributed by atoms with Gasteiger partial charge in [-0.25, -0.2) is 4.79 Å². The van der Waals surface area contributed by atoms with Gasteiger partial charge in [0.15, 0.2) is 5.76 Å². The van der Waals surface area contributed by atoms with E-state index in [1.54, 1.807) is 6.07 Å². The third-order valence-corrected chi connectivity index (χ3v) is 3.25. The van der Waals surface area contributed by atoms with Crippen LogP contribution in [0.2, 0.25) is 0 Å². The van der Waals surface area contributed by atoms with Gasteiger partial charge in [0.2, 0.25) is 0 Å². The summed E-state index contributed by atoms with van der Waals surface area (Å²) in [4.78, 5) is 11.3. The van der Waals surface area contributed by atoms with Crippen LogP contribution in [0.5, 0.6) is 0 Å². The van der Waals surface area contributed by atoms with Gasteiger partial charge >= 0.3 is 5.63 Å². The molecule has 0 aliphatic heterocycles. The lowest BCUT2D eigenvalue weighted by Crippen LogP contribution is -2.01. The molecule has 2 aromatic rings. The van der Waals surface area contributed by atoms with E-state index in [1.807, 2.05) is 30.3 Å². The predicted molar refractivity (Wildman–Crippen MR) is 70.8 cm³/mol. The van der Waals surface area contributed by atoms with Crippen molar-refractivity contribution in [3.63, 3.8) is 0 Å². The molecule has 1 aromatic heterocycles. The molecule has 0 fully saturated rings. The molecule has 0 aliphatic carbocycles. The Morgan fingerprint density at radius 2 is 1.87 bits per heavy atom. The first kappa shape index (κ1) is 10.9. The molecule has 0 N–H and O–H groups in total. The maximum Gasteiger partial charge on any atom is 0.350 e. The van der Waals surface area contributed by atoms with Gasteiger partial charge in [-0.1, -0.05) is 30.3 Å². The molecule has 0 saturated heterocycles. The number of benzene rings is 1. The molecule has 4 heteroatoms. The molecule has 1 heterocycles. The highest BCUT2D eigenvalue weighted by atomic mass is 127. The highest BCUT2D eigenvalue weighted by molar-refractivity contribution is 14.1. The summed E-state index contributed by atoms with van der Waals surface area (Å²) in [5, 5.41) is 0. The van der Waals surface area contributed by atoms with Crippen LogP contribution in [0.4, 0.5) is 0 Å².